The fourth-order valence-electron chi connectivity index (χ4n) is 2.92. The fourth-order valence-corrected chi connectivity index (χ4v) is 3.54. The number of aryl methyl sites for hydroxylation is 2. The molecule has 0 amide bonds. The van der Waals surface area contributed by atoms with Crippen molar-refractivity contribution in [1.29, 1.82) is 0 Å². The summed E-state index contributed by atoms with van der Waals surface area (Å²) in [7, 11) is 0. The molecule has 1 saturated carbocycles. The molecule has 0 N–H and O–H groups in total. The van der Waals surface area contributed by atoms with Crippen LogP contribution in [0.5, 0.6) is 0 Å². The summed E-state index contributed by atoms with van der Waals surface area (Å²) in [5, 5.41) is 5.69. The minimum Gasteiger partial charge on any atom is -0.268 e. The van der Waals surface area contributed by atoms with Gasteiger partial charge in [-0.3, -0.25) is 4.68 Å². The standard InChI is InChI=1S/C14H22Cl2N2/c1-3-18-13(14(16)10(2)17-18)9-11-6-4-5-7-12(15)8-11/h11-12H,3-9H2,1-2H3. The average Bonchev–Trinajstić information content (AvgIpc) is 2.53. The lowest BCUT2D eigenvalue weighted by Crippen LogP contribution is -2.12. The van der Waals surface area contributed by atoms with Gasteiger partial charge in [-0.2, -0.15) is 5.10 Å². The van der Waals surface area contributed by atoms with Crippen LogP contribution in [0.25, 0.3) is 0 Å². The molecule has 0 spiro atoms. The van der Waals surface area contributed by atoms with E-state index in [1.54, 1.807) is 0 Å². The van der Waals surface area contributed by atoms with Crippen molar-refractivity contribution in [3.8, 4) is 0 Å². The van der Waals surface area contributed by atoms with Crippen LogP contribution in [-0.4, -0.2) is 15.2 Å². The number of nitrogens with zero attached hydrogens (tertiary/aromatic N) is 2. The van der Waals surface area contributed by atoms with Crippen molar-refractivity contribution in [3.05, 3.63) is 16.4 Å². The van der Waals surface area contributed by atoms with Crippen LogP contribution in [-0.2, 0) is 13.0 Å². The maximum atomic E-state index is 6.37. The molecule has 1 heterocycles. The zero-order valence-electron chi connectivity index (χ0n) is 11.3. The molecule has 2 rings (SSSR count). The van der Waals surface area contributed by atoms with E-state index in [0.717, 1.165) is 36.5 Å². The predicted molar refractivity (Wildman–Crippen MR) is 77.6 cm³/mol. The second kappa shape index (κ2) is 6.29. The first-order valence-corrected chi connectivity index (χ1v) is 7.79. The first kappa shape index (κ1) is 14.2. The van der Waals surface area contributed by atoms with E-state index >= 15 is 0 Å². The highest BCUT2D eigenvalue weighted by molar-refractivity contribution is 6.31. The van der Waals surface area contributed by atoms with Crippen LogP contribution in [0.2, 0.25) is 5.02 Å². The Kier molecular flexibility index (Phi) is 4.97. The van der Waals surface area contributed by atoms with Gasteiger partial charge in [0.1, 0.15) is 0 Å². The Morgan fingerprint density at radius 2 is 2.06 bits per heavy atom. The summed E-state index contributed by atoms with van der Waals surface area (Å²) in [6.45, 7) is 4.99. The highest BCUT2D eigenvalue weighted by atomic mass is 35.5. The molecular weight excluding hydrogens is 267 g/mol. The van der Waals surface area contributed by atoms with E-state index in [2.05, 4.69) is 12.0 Å². The maximum absolute atomic E-state index is 6.37. The third-order valence-corrected chi connectivity index (χ3v) is 4.79. The van der Waals surface area contributed by atoms with Gasteiger partial charge in [-0.05, 0) is 39.0 Å². The molecule has 0 bridgehead atoms. The second-order valence-corrected chi connectivity index (χ2v) is 6.34. The first-order chi connectivity index (χ1) is 8.61. The van der Waals surface area contributed by atoms with E-state index in [1.165, 1.54) is 25.0 Å². The van der Waals surface area contributed by atoms with E-state index in [9.17, 15) is 0 Å². The highest BCUT2D eigenvalue weighted by Gasteiger charge is 2.22. The number of hydrogen-bond acceptors (Lipinski definition) is 1. The Hall–Kier alpha value is -0.210. The van der Waals surface area contributed by atoms with Gasteiger partial charge >= 0.3 is 0 Å². The monoisotopic (exact) mass is 288 g/mol. The van der Waals surface area contributed by atoms with Crippen molar-refractivity contribution in [1.82, 2.24) is 9.78 Å². The highest BCUT2D eigenvalue weighted by Crippen LogP contribution is 2.31. The molecule has 1 aromatic rings. The molecule has 1 aliphatic rings. The van der Waals surface area contributed by atoms with Gasteiger partial charge in [0, 0.05) is 11.9 Å². The van der Waals surface area contributed by atoms with Gasteiger partial charge in [0.05, 0.1) is 16.4 Å². The average molecular weight is 289 g/mol. The van der Waals surface area contributed by atoms with Crippen molar-refractivity contribution in [2.45, 2.75) is 64.3 Å². The minimum absolute atomic E-state index is 0.343. The van der Waals surface area contributed by atoms with Gasteiger partial charge in [-0.15, -0.1) is 11.6 Å². The molecule has 0 aromatic carbocycles. The second-order valence-electron chi connectivity index (χ2n) is 5.35. The molecule has 4 heteroatoms. The number of aromatic nitrogens is 2. The SMILES string of the molecule is CCn1nc(C)c(Cl)c1CC1CCCCC(Cl)C1. The molecule has 1 fully saturated rings. The summed E-state index contributed by atoms with van der Waals surface area (Å²) in [5.74, 6) is 0.661. The molecule has 1 aromatic heterocycles. The van der Waals surface area contributed by atoms with Crippen LogP contribution in [0.4, 0.5) is 0 Å². The van der Waals surface area contributed by atoms with Gasteiger partial charge in [0.15, 0.2) is 0 Å². The third-order valence-electron chi connectivity index (χ3n) is 3.90. The molecule has 0 radical (unpaired) electrons. The van der Waals surface area contributed by atoms with Crippen LogP contribution < -0.4 is 0 Å². The Balaban J connectivity index is 2.12. The van der Waals surface area contributed by atoms with Gasteiger partial charge in [0.2, 0.25) is 0 Å². The number of alkyl halides is 1. The molecule has 1 aliphatic carbocycles. The number of rotatable bonds is 3. The van der Waals surface area contributed by atoms with Crippen LogP contribution in [0.1, 0.15) is 50.4 Å². The topological polar surface area (TPSA) is 17.8 Å². The van der Waals surface area contributed by atoms with Crippen molar-refractivity contribution in [3.63, 3.8) is 0 Å². The summed E-state index contributed by atoms with van der Waals surface area (Å²) in [6, 6.07) is 0. The zero-order valence-corrected chi connectivity index (χ0v) is 12.8. The quantitative estimate of drug-likeness (QED) is 0.587. The van der Waals surface area contributed by atoms with Gasteiger partial charge in [-0.25, -0.2) is 0 Å². The lowest BCUT2D eigenvalue weighted by molar-refractivity contribution is 0.441. The fraction of sp³-hybridized carbons (Fsp3) is 0.786. The normalized spacial score (nSPS) is 25.1. The Morgan fingerprint density at radius 3 is 2.78 bits per heavy atom. The molecule has 2 nitrogen and oxygen atoms in total. The van der Waals surface area contributed by atoms with Crippen molar-refractivity contribution in [2.24, 2.45) is 5.92 Å². The van der Waals surface area contributed by atoms with Crippen LogP contribution in [0.3, 0.4) is 0 Å². The zero-order chi connectivity index (χ0) is 13.1. The largest absolute Gasteiger partial charge is 0.268 e. The molecule has 2 atom stereocenters. The summed E-state index contributed by atoms with van der Waals surface area (Å²) >= 11 is 12.7. The van der Waals surface area contributed by atoms with Crippen LogP contribution in [0, 0.1) is 12.8 Å². The first-order valence-electron chi connectivity index (χ1n) is 6.97. The molecular formula is C14H22Cl2N2. The molecule has 0 saturated heterocycles. The van der Waals surface area contributed by atoms with Crippen molar-refractivity contribution < 1.29 is 0 Å². The summed E-state index contributed by atoms with van der Waals surface area (Å²) in [4.78, 5) is 0. The Bertz CT molecular complexity index is 401. The third kappa shape index (κ3) is 3.21. The summed E-state index contributed by atoms with van der Waals surface area (Å²) in [6.07, 6.45) is 7.14. The Labute approximate surface area is 120 Å². The molecule has 102 valence electrons. The van der Waals surface area contributed by atoms with Crippen LogP contribution >= 0.6 is 23.2 Å². The smallest absolute Gasteiger partial charge is 0.0847 e. The van der Waals surface area contributed by atoms with Gasteiger partial charge in [0.25, 0.3) is 0 Å². The number of hydrogen-bond donors (Lipinski definition) is 0. The van der Waals surface area contributed by atoms with Gasteiger partial charge < -0.3 is 0 Å². The number of halogens is 2. The van der Waals surface area contributed by atoms with E-state index < -0.39 is 0 Å². The van der Waals surface area contributed by atoms with E-state index in [4.69, 9.17) is 23.2 Å². The van der Waals surface area contributed by atoms with Gasteiger partial charge in [-0.1, -0.05) is 30.9 Å². The lowest BCUT2D eigenvalue weighted by Gasteiger charge is -2.17. The molecule has 18 heavy (non-hydrogen) atoms. The van der Waals surface area contributed by atoms with Crippen LogP contribution in [0.15, 0.2) is 0 Å². The minimum atomic E-state index is 0.343. The predicted octanol–water partition coefficient (Wildman–Crippen LogP) is 4.60. The van der Waals surface area contributed by atoms with Crippen molar-refractivity contribution >= 4 is 23.2 Å². The lowest BCUT2D eigenvalue weighted by atomic mass is 9.94. The van der Waals surface area contributed by atoms with E-state index in [1.807, 2.05) is 11.6 Å². The Morgan fingerprint density at radius 1 is 1.33 bits per heavy atom. The maximum Gasteiger partial charge on any atom is 0.0847 e. The molecule has 2 unspecified atom stereocenters. The summed E-state index contributed by atoms with van der Waals surface area (Å²) in [5.41, 5.74) is 2.15. The van der Waals surface area contributed by atoms with E-state index in [-0.39, 0.29) is 0 Å². The summed E-state index contributed by atoms with van der Waals surface area (Å²) < 4.78 is 2.05. The van der Waals surface area contributed by atoms with E-state index in [0.29, 0.717) is 11.3 Å². The van der Waals surface area contributed by atoms with Crippen molar-refractivity contribution in [2.75, 3.05) is 0 Å². The molecule has 0 aliphatic heterocycles.